The lowest BCUT2D eigenvalue weighted by molar-refractivity contribution is 0.199. The Balaban J connectivity index is 1.56. The van der Waals surface area contributed by atoms with Crippen molar-refractivity contribution in [2.45, 2.75) is 6.54 Å². The second-order valence-corrected chi connectivity index (χ2v) is 7.70. The third-order valence-corrected chi connectivity index (χ3v) is 5.60. The number of nitrogens with one attached hydrogen (secondary N) is 1. The number of aromatic nitrogens is 2. The molecule has 6 nitrogen and oxygen atoms in total. The van der Waals surface area contributed by atoms with Gasteiger partial charge in [-0.15, -0.1) is 11.3 Å². The minimum Gasteiger partial charge on any atom is -0.453 e. The van der Waals surface area contributed by atoms with Gasteiger partial charge in [0.25, 0.3) is 0 Å². The fourth-order valence-corrected chi connectivity index (χ4v) is 3.96. The van der Waals surface area contributed by atoms with Crippen molar-refractivity contribution in [1.82, 2.24) is 15.3 Å². The molecular formula is C22H21FN4O2S. The van der Waals surface area contributed by atoms with Crippen LogP contribution in [0.15, 0.2) is 54.9 Å². The molecule has 4 aromatic rings. The number of halogens is 1. The highest BCUT2D eigenvalue weighted by molar-refractivity contribution is 7.22. The maximum Gasteiger partial charge on any atom is 0.167 e. The van der Waals surface area contributed by atoms with Gasteiger partial charge >= 0.3 is 0 Å². The molecule has 154 valence electrons. The molecule has 0 aliphatic carbocycles. The Bertz CT molecular complexity index is 1150. The lowest BCUT2D eigenvalue weighted by Crippen LogP contribution is -2.18. The number of hydrogen-bond acceptors (Lipinski definition) is 7. The van der Waals surface area contributed by atoms with Gasteiger partial charge in [0.1, 0.15) is 5.75 Å². The van der Waals surface area contributed by atoms with E-state index in [-0.39, 0.29) is 5.75 Å². The van der Waals surface area contributed by atoms with Crippen LogP contribution >= 0.6 is 11.3 Å². The highest BCUT2D eigenvalue weighted by Crippen LogP contribution is 2.39. The molecule has 1 aromatic carbocycles. The predicted molar refractivity (Wildman–Crippen MR) is 117 cm³/mol. The fraction of sp³-hybridized carbons (Fsp3) is 0.182. The van der Waals surface area contributed by atoms with Crippen LogP contribution in [0.3, 0.4) is 0 Å². The van der Waals surface area contributed by atoms with E-state index in [4.69, 9.17) is 15.2 Å². The van der Waals surface area contributed by atoms with Gasteiger partial charge in [-0.1, -0.05) is 6.07 Å². The largest absolute Gasteiger partial charge is 0.453 e. The van der Waals surface area contributed by atoms with Crippen molar-refractivity contribution in [3.05, 3.63) is 66.2 Å². The zero-order valence-corrected chi connectivity index (χ0v) is 17.2. The first-order chi connectivity index (χ1) is 14.6. The van der Waals surface area contributed by atoms with Crippen LogP contribution in [0.4, 0.5) is 10.1 Å². The summed E-state index contributed by atoms with van der Waals surface area (Å²) in [7, 11) is 1.68. The minimum absolute atomic E-state index is 0.120. The van der Waals surface area contributed by atoms with Crippen molar-refractivity contribution in [3.63, 3.8) is 0 Å². The molecule has 0 bridgehead atoms. The molecule has 0 radical (unpaired) electrons. The van der Waals surface area contributed by atoms with E-state index in [1.807, 2.05) is 24.4 Å². The molecule has 0 amide bonds. The van der Waals surface area contributed by atoms with Gasteiger partial charge in [-0.05, 0) is 29.8 Å². The van der Waals surface area contributed by atoms with Crippen LogP contribution in [-0.4, -0.2) is 30.2 Å². The molecule has 3 heterocycles. The molecule has 0 saturated carbocycles. The summed E-state index contributed by atoms with van der Waals surface area (Å²) in [4.78, 5) is 9.95. The van der Waals surface area contributed by atoms with Crippen LogP contribution in [0.2, 0.25) is 0 Å². The molecule has 0 aliphatic rings. The second kappa shape index (κ2) is 9.17. The van der Waals surface area contributed by atoms with Crippen molar-refractivity contribution in [2.75, 3.05) is 26.0 Å². The van der Waals surface area contributed by atoms with E-state index >= 15 is 0 Å². The third-order valence-electron chi connectivity index (χ3n) is 4.44. The summed E-state index contributed by atoms with van der Waals surface area (Å²) >= 11 is 1.51. The van der Waals surface area contributed by atoms with Crippen molar-refractivity contribution >= 4 is 27.2 Å². The van der Waals surface area contributed by atoms with Gasteiger partial charge in [-0.25, -0.2) is 4.39 Å². The number of rotatable bonds is 8. The summed E-state index contributed by atoms with van der Waals surface area (Å²) in [6, 6.07) is 12.1. The molecule has 0 atom stereocenters. The van der Waals surface area contributed by atoms with Crippen LogP contribution in [-0.2, 0) is 11.3 Å². The molecule has 0 unspecified atom stereocenters. The summed E-state index contributed by atoms with van der Waals surface area (Å²) in [5.41, 5.74) is 8.68. The Morgan fingerprint density at radius 2 is 2.00 bits per heavy atom. The molecule has 30 heavy (non-hydrogen) atoms. The number of pyridine rings is 2. The van der Waals surface area contributed by atoms with Crippen LogP contribution in [0, 0.1) is 5.82 Å². The number of methoxy groups -OCH3 is 1. The van der Waals surface area contributed by atoms with Crippen LogP contribution < -0.4 is 15.8 Å². The second-order valence-electron chi connectivity index (χ2n) is 6.65. The quantitative estimate of drug-likeness (QED) is 0.318. The van der Waals surface area contributed by atoms with E-state index in [1.54, 1.807) is 25.4 Å². The summed E-state index contributed by atoms with van der Waals surface area (Å²) < 4.78 is 25.8. The average Bonchev–Trinajstić information content (AvgIpc) is 3.19. The van der Waals surface area contributed by atoms with E-state index in [9.17, 15) is 4.39 Å². The highest BCUT2D eigenvalue weighted by atomic mass is 32.1. The number of nitrogen functional groups attached to an aromatic ring is 1. The van der Waals surface area contributed by atoms with Gasteiger partial charge in [0.05, 0.1) is 27.4 Å². The number of ether oxygens (including phenoxy) is 2. The molecule has 0 fully saturated rings. The molecule has 3 N–H and O–H groups in total. The lowest BCUT2D eigenvalue weighted by Gasteiger charge is -2.07. The molecule has 0 aliphatic heterocycles. The Labute approximate surface area is 177 Å². The number of nitrogens with two attached hydrogens (primary N) is 1. The lowest BCUT2D eigenvalue weighted by atomic mass is 10.2. The third kappa shape index (κ3) is 4.56. The minimum atomic E-state index is -0.506. The van der Waals surface area contributed by atoms with Gasteiger partial charge in [-0.3, -0.25) is 9.97 Å². The summed E-state index contributed by atoms with van der Waals surface area (Å²) in [5, 5.41) is 3.29. The topological polar surface area (TPSA) is 82.3 Å². The van der Waals surface area contributed by atoms with Gasteiger partial charge in [0.15, 0.2) is 11.6 Å². The Hall–Kier alpha value is -3.07. The predicted octanol–water partition coefficient (Wildman–Crippen LogP) is 4.61. The maximum atomic E-state index is 14.1. The highest BCUT2D eigenvalue weighted by Gasteiger charge is 2.13. The maximum absolute atomic E-state index is 14.1. The fourth-order valence-electron chi connectivity index (χ4n) is 2.92. The number of benzene rings is 1. The van der Waals surface area contributed by atoms with Gasteiger partial charge in [-0.2, -0.15) is 0 Å². The molecule has 4 rings (SSSR count). The van der Waals surface area contributed by atoms with E-state index in [2.05, 4.69) is 15.3 Å². The van der Waals surface area contributed by atoms with Crippen molar-refractivity contribution in [1.29, 1.82) is 0 Å². The molecular weight excluding hydrogens is 403 g/mol. The van der Waals surface area contributed by atoms with Gasteiger partial charge < -0.3 is 20.5 Å². The van der Waals surface area contributed by atoms with Crippen LogP contribution in [0.25, 0.3) is 20.8 Å². The van der Waals surface area contributed by atoms with E-state index in [0.29, 0.717) is 18.0 Å². The first kappa shape index (κ1) is 20.2. The van der Waals surface area contributed by atoms with Crippen LogP contribution in [0.5, 0.6) is 11.5 Å². The SMILES string of the molecule is COCCNCc1ccc(-c2cc3nccc(Oc4ccc(N)cc4F)c3s2)nc1. The average molecular weight is 425 g/mol. The summed E-state index contributed by atoms with van der Waals surface area (Å²) in [6.45, 7) is 2.19. The first-order valence-corrected chi connectivity index (χ1v) is 10.2. The van der Waals surface area contributed by atoms with Gasteiger partial charge in [0, 0.05) is 50.4 Å². The Morgan fingerprint density at radius 3 is 2.77 bits per heavy atom. The number of hydrogen-bond donors (Lipinski definition) is 2. The summed E-state index contributed by atoms with van der Waals surface area (Å²) in [6.07, 6.45) is 3.50. The number of nitrogens with zero attached hydrogens (tertiary/aromatic N) is 2. The van der Waals surface area contributed by atoms with Crippen molar-refractivity contribution in [3.8, 4) is 22.1 Å². The number of thiophene rings is 1. The Kier molecular flexibility index (Phi) is 6.18. The Morgan fingerprint density at radius 1 is 1.10 bits per heavy atom. The normalized spacial score (nSPS) is 11.1. The van der Waals surface area contributed by atoms with Gasteiger partial charge in [0.2, 0.25) is 0 Å². The summed E-state index contributed by atoms with van der Waals surface area (Å²) in [5.74, 6) is 0.155. The standard InChI is InChI=1S/C22H21FN4O2S/c1-28-9-8-25-12-14-2-4-17(27-13-14)21-11-18-22(30-21)20(6-7-26-18)29-19-5-3-15(24)10-16(19)23/h2-7,10-11,13,25H,8-9,12,24H2,1H3. The van der Waals surface area contributed by atoms with E-state index in [0.717, 1.165) is 39.4 Å². The van der Waals surface area contributed by atoms with E-state index in [1.165, 1.54) is 23.5 Å². The number of fused-ring (bicyclic) bond motifs is 1. The monoisotopic (exact) mass is 424 g/mol. The first-order valence-electron chi connectivity index (χ1n) is 9.40. The smallest absolute Gasteiger partial charge is 0.167 e. The number of anilines is 1. The molecule has 3 aromatic heterocycles. The zero-order valence-electron chi connectivity index (χ0n) is 16.4. The zero-order chi connectivity index (χ0) is 20.9. The molecule has 8 heteroatoms. The molecule has 0 spiro atoms. The van der Waals surface area contributed by atoms with E-state index < -0.39 is 5.82 Å². The molecule has 0 saturated heterocycles. The van der Waals surface area contributed by atoms with Crippen molar-refractivity contribution < 1.29 is 13.9 Å². The van der Waals surface area contributed by atoms with Crippen LogP contribution in [0.1, 0.15) is 5.56 Å². The van der Waals surface area contributed by atoms with Crippen molar-refractivity contribution in [2.24, 2.45) is 0 Å².